The number of nitrogens with zero attached hydrogens (tertiary/aromatic N) is 2. The Morgan fingerprint density at radius 2 is 1.50 bits per heavy atom. The van der Waals surface area contributed by atoms with E-state index in [-0.39, 0.29) is 33.8 Å². The smallest absolute Gasteiger partial charge is 0.198 e. The molecule has 0 saturated carbocycles. The topological polar surface area (TPSA) is 82.8 Å². The van der Waals surface area contributed by atoms with Crippen molar-refractivity contribution in [3.05, 3.63) is 58.8 Å². The molecule has 0 atom stereocenters. The molecule has 0 radical (unpaired) electrons. The van der Waals surface area contributed by atoms with Gasteiger partial charge in [0.05, 0.1) is 16.6 Å². The van der Waals surface area contributed by atoms with Gasteiger partial charge in [-0.1, -0.05) is 24.3 Å². The molecule has 1 heterocycles. The standard InChI is InChI=1S/C22H22N2O4/c1-23(2)10-5-6-11-24-12-9-15-18(24)22(28)17-16(21(15)27)19(25)13-7-3-4-8-14(13)20(17)26/h3-4,7-9,12,27-28H,5-6,10-11H2,1-2H3. The average molecular weight is 378 g/mol. The fourth-order valence-electron chi connectivity index (χ4n) is 3.90. The second-order valence-corrected chi connectivity index (χ2v) is 7.43. The summed E-state index contributed by atoms with van der Waals surface area (Å²) in [6.45, 7) is 1.59. The minimum absolute atomic E-state index is 0.109. The SMILES string of the molecule is CN(C)CCCCn1ccc2c(O)c3c(c(O)c21)C(=O)c1ccccc1C3=O. The summed E-state index contributed by atoms with van der Waals surface area (Å²) in [6.07, 6.45) is 3.64. The summed E-state index contributed by atoms with van der Waals surface area (Å²) in [5, 5.41) is 22.1. The van der Waals surface area contributed by atoms with Crippen LogP contribution < -0.4 is 0 Å². The Hall–Kier alpha value is -3.12. The molecule has 2 N–H and O–H groups in total. The molecule has 0 saturated heterocycles. The average Bonchev–Trinajstić information content (AvgIpc) is 3.10. The second kappa shape index (κ2) is 6.80. The van der Waals surface area contributed by atoms with Crippen molar-refractivity contribution < 1.29 is 19.8 Å². The monoisotopic (exact) mass is 378 g/mol. The maximum Gasteiger partial charge on any atom is 0.198 e. The van der Waals surface area contributed by atoms with Crippen molar-refractivity contribution in [3.8, 4) is 11.5 Å². The number of phenols is 2. The van der Waals surface area contributed by atoms with E-state index in [2.05, 4.69) is 4.90 Å². The summed E-state index contributed by atoms with van der Waals surface area (Å²) in [7, 11) is 4.03. The number of aromatic hydroxyl groups is 2. The number of fused-ring (bicyclic) bond motifs is 3. The molecular formula is C22H22N2O4. The van der Waals surface area contributed by atoms with Gasteiger partial charge in [0.15, 0.2) is 17.3 Å². The highest BCUT2D eigenvalue weighted by molar-refractivity contribution is 6.32. The number of aryl methyl sites for hydroxylation is 1. The zero-order valence-electron chi connectivity index (χ0n) is 15.9. The van der Waals surface area contributed by atoms with Crippen LogP contribution in [-0.4, -0.2) is 51.9 Å². The van der Waals surface area contributed by atoms with Gasteiger partial charge in [0.2, 0.25) is 0 Å². The van der Waals surface area contributed by atoms with Gasteiger partial charge >= 0.3 is 0 Å². The lowest BCUT2D eigenvalue weighted by atomic mass is 9.82. The molecule has 4 rings (SSSR count). The van der Waals surface area contributed by atoms with Crippen LogP contribution in [0.25, 0.3) is 10.9 Å². The van der Waals surface area contributed by atoms with E-state index in [1.807, 2.05) is 18.7 Å². The van der Waals surface area contributed by atoms with Crippen molar-refractivity contribution in [2.24, 2.45) is 0 Å². The highest BCUT2D eigenvalue weighted by atomic mass is 16.3. The van der Waals surface area contributed by atoms with Crippen LogP contribution in [0, 0.1) is 0 Å². The molecule has 6 nitrogen and oxygen atoms in total. The van der Waals surface area contributed by atoms with Gasteiger partial charge in [-0.15, -0.1) is 0 Å². The summed E-state index contributed by atoms with van der Waals surface area (Å²) in [5.74, 6) is -1.38. The van der Waals surface area contributed by atoms with E-state index in [1.54, 1.807) is 36.5 Å². The van der Waals surface area contributed by atoms with Gasteiger partial charge in [-0.3, -0.25) is 9.59 Å². The van der Waals surface area contributed by atoms with Crippen molar-refractivity contribution in [1.82, 2.24) is 9.47 Å². The number of benzene rings is 2. The Kier molecular flexibility index (Phi) is 4.43. The largest absolute Gasteiger partial charge is 0.506 e. The fraction of sp³-hybridized carbons (Fsp3) is 0.273. The Morgan fingerprint density at radius 1 is 0.893 bits per heavy atom. The predicted molar refractivity (Wildman–Crippen MR) is 106 cm³/mol. The summed E-state index contributed by atoms with van der Waals surface area (Å²) in [6, 6.07) is 8.16. The van der Waals surface area contributed by atoms with Crippen LogP contribution >= 0.6 is 0 Å². The predicted octanol–water partition coefficient (Wildman–Crippen LogP) is 3.17. The number of ketones is 2. The molecule has 0 bridgehead atoms. The maximum atomic E-state index is 13.0. The molecule has 3 aromatic rings. The Bertz CT molecular complexity index is 1110. The van der Waals surface area contributed by atoms with Gasteiger partial charge in [-0.25, -0.2) is 0 Å². The van der Waals surface area contributed by atoms with Gasteiger partial charge in [-0.2, -0.15) is 0 Å². The van der Waals surface area contributed by atoms with Gasteiger partial charge in [0.25, 0.3) is 0 Å². The number of carbonyl (C=O) groups excluding carboxylic acids is 2. The first-order chi connectivity index (χ1) is 13.4. The van der Waals surface area contributed by atoms with E-state index in [9.17, 15) is 19.8 Å². The lowest BCUT2D eigenvalue weighted by molar-refractivity contribution is 0.0974. The zero-order chi connectivity index (χ0) is 20.0. The van der Waals surface area contributed by atoms with E-state index < -0.39 is 11.6 Å². The van der Waals surface area contributed by atoms with Crippen molar-refractivity contribution >= 4 is 22.5 Å². The van der Waals surface area contributed by atoms with Crippen LogP contribution in [0.3, 0.4) is 0 Å². The number of hydrogen-bond acceptors (Lipinski definition) is 5. The molecule has 1 aromatic heterocycles. The number of hydrogen-bond donors (Lipinski definition) is 2. The number of unbranched alkanes of at least 4 members (excludes halogenated alkanes) is 1. The van der Waals surface area contributed by atoms with E-state index in [0.717, 1.165) is 19.4 Å². The molecular weight excluding hydrogens is 356 g/mol. The van der Waals surface area contributed by atoms with Crippen molar-refractivity contribution in [2.75, 3.05) is 20.6 Å². The summed E-state index contributed by atoms with van der Waals surface area (Å²) >= 11 is 0. The minimum Gasteiger partial charge on any atom is -0.506 e. The minimum atomic E-state index is -0.446. The van der Waals surface area contributed by atoms with E-state index in [4.69, 9.17) is 0 Å². The molecule has 0 unspecified atom stereocenters. The van der Waals surface area contributed by atoms with Gasteiger partial charge in [0.1, 0.15) is 5.75 Å². The van der Waals surface area contributed by atoms with Crippen LogP contribution in [0.2, 0.25) is 0 Å². The first-order valence-electron chi connectivity index (χ1n) is 9.31. The van der Waals surface area contributed by atoms with E-state index in [0.29, 0.717) is 17.4 Å². The Labute approximate surface area is 162 Å². The molecule has 0 amide bonds. The Morgan fingerprint density at radius 3 is 2.11 bits per heavy atom. The van der Waals surface area contributed by atoms with Crippen LogP contribution in [0.15, 0.2) is 36.5 Å². The molecule has 1 aliphatic carbocycles. The Balaban J connectivity index is 1.83. The van der Waals surface area contributed by atoms with Crippen LogP contribution in [0.4, 0.5) is 0 Å². The summed E-state index contributed by atoms with van der Waals surface area (Å²) in [5.41, 5.74) is 0.665. The van der Waals surface area contributed by atoms with Crippen LogP contribution in [-0.2, 0) is 6.54 Å². The number of rotatable bonds is 5. The molecule has 0 aliphatic heterocycles. The summed E-state index contributed by atoms with van der Waals surface area (Å²) < 4.78 is 1.83. The molecule has 0 spiro atoms. The lowest BCUT2D eigenvalue weighted by Crippen LogP contribution is -2.21. The highest BCUT2D eigenvalue weighted by Gasteiger charge is 2.36. The van der Waals surface area contributed by atoms with Crippen LogP contribution in [0.5, 0.6) is 11.5 Å². The van der Waals surface area contributed by atoms with Gasteiger partial charge in [-0.05, 0) is 39.5 Å². The third-order valence-corrected chi connectivity index (χ3v) is 5.29. The second-order valence-electron chi connectivity index (χ2n) is 7.43. The van der Waals surface area contributed by atoms with Crippen molar-refractivity contribution in [1.29, 1.82) is 0 Å². The summed E-state index contributed by atoms with van der Waals surface area (Å²) in [4.78, 5) is 28.0. The molecule has 6 heteroatoms. The number of carbonyl (C=O) groups is 2. The highest BCUT2D eigenvalue weighted by Crippen LogP contribution is 2.44. The van der Waals surface area contributed by atoms with Crippen LogP contribution in [0.1, 0.15) is 44.7 Å². The third-order valence-electron chi connectivity index (χ3n) is 5.29. The molecule has 2 aromatic carbocycles. The molecule has 0 fully saturated rings. The van der Waals surface area contributed by atoms with E-state index in [1.165, 1.54) is 0 Å². The van der Waals surface area contributed by atoms with Gasteiger partial charge in [0, 0.05) is 29.3 Å². The van der Waals surface area contributed by atoms with Crippen molar-refractivity contribution in [3.63, 3.8) is 0 Å². The lowest BCUT2D eigenvalue weighted by Gasteiger charge is -2.20. The number of phenolic OH excluding ortho intramolecular Hbond substituents is 2. The zero-order valence-corrected chi connectivity index (χ0v) is 15.9. The first kappa shape index (κ1) is 18.3. The van der Waals surface area contributed by atoms with Crippen molar-refractivity contribution in [2.45, 2.75) is 19.4 Å². The number of aromatic nitrogens is 1. The van der Waals surface area contributed by atoms with Gasteiger partial charge < -0.3 is 19.7 Å². The maximum absolute atomic E-state index is 13.0. The molecule has 28 heavy (non-hydrogen) atoms. The first-order valence-corrected chi connectivity index (χ1v) is 9.31. The quantitative estimate of drug-likeness (QED) is 0.412. The molecule has 1 aliphatic rings. The third kappa shape index (κ3) is 2.68. The van der Waals surface area contributed by atoms with E-state index >= 15 is 0 Å². The normalized spacial score (nSPS) is 13.2. The fourth-order valence-corrected chi connectivity index (χ4v) is 3.90. The molecule has 144 valence electrons.